The average molecular weight is 483 g/mol. The predicted octanol–water partition coefficient (Wildman–Crippen LogP) is 4.42. The van der Waals surface area contributed by atoms with Crippen molar-refractivity contribution in [3.8, 4) is 11.4 Å². The van der Waals surface area contributed by atoms with Gasteiger partial charge in [-0.05, 0) is 58.2 Å². The lowest BCUT2D eigenvalue weighted by atomic mass is 10.0. The van der Waals surface area contributed by atoms with Crippen molar-refractivity contribution in [2.75, 3.05) is 20.2 Å². The zero-order valence-corrected chi connectivity index (χ0v) is 19.6. The van der Waals surface area contributed by atoms with Gasteiger partial charge in [-0.1, -0.05) is 6.07 Å². The molecule has 8 nitrogen and oxygen atoms in total. The highest BCUT2D eigenvalue weighted by Gasteiger charge is 2.33. The molecule has 2 heterocycles. The molecular weight excluding hydrogens is 453 g/mol. The van der Waals surface area contributed by atoms with Crippen molar-refractivity contribution in [2.24, 2.45) is 0 Å². The Bertz CT molecular complexity index is 1030. The molecule has 1 saturated heterocycles. The SMILES string of the molecule is COc1cn(-c2cccc(C(F)(F)F)c2)nc1C(=O)N1CCCCC1CNC(=O)OC(C)(C)C. The smallest absolute Gasteiger partial charge is 0.416 e. The third-order valence-electron chi connectivity index (χ3n) is 5.31. The molecule has 11 heteroatoms. The standard InChI is InChI=1S/C23H29F3N4O4/c1-22(2,3)34-21(32)27-13-17-9-5-6-11-29(17)20(31)19-18(33-4)14-30(28-19)16-10-7-8-15(12-16)23(24,25)26/h7-8,10,12,14,17H,5-6,9,11,13H2,1-4H3,(H,27,32). The summed E-state index contributed by atoms with van der Waals surface area (Å²) in [6, 6.07) is 4.38. The molecule has 0 radical (unpaired) electrons. The first-order chi connectivity index (χ1) is 15.9. The summed E-state index contributed by atoms with van der Waals surface area (Å²) in [5.74, 6) is -0.273. The van der Waals surface area contributed by atoms with Gasteiger partial charge in [0.15, 0.2) is 11.4 Å². The Morgan fingerprint density at radius 3 is 2.59 bits per heavy atom. The molecule has 1 aliphatic heterocycles. The van der Waals surface area contributed by atoms with E-state index in [0.717, 1.165) is 25.0 Å². The number of piperidine rings is 1. The third-order valence-corrected chi connectivity index (χ3v) is 5.31. The Hall–Kier alpha value is -3.24. The van der Waals surface area contributed by atoms with Crippen LogP contribution in [0.3, 0.4) is 0 Å². The van der Waals surface area contributed by atoms with Crippen LogP contribution in [0.5, 0.6) is 5.75 Å². The minimum absolute atomic E-state index is 0.0101. The van der Waals surface area contributed by atoms with Crippen LogP contribution in [-0.2, 0) is 10.9 Å². The number of ether oxygens (including phenoxy) is 2. The van der Waals surface area contributed by atoms with Crippen molar-refractivity contribution in [3.63, 3.8) is 0 Å². The lowest BCUT2D eigenvalue weighted by molar-refractivity contribution is -0.137. The molecule has 3 rings (SSSR count). The Balaban J connectivity index is 1.81. The molecule has 1 unspecified atom stereocenters. The monoisotopic (exact) mass is 482 g/mol. The number of amides is 2. The third kappa shape index (κ3) is 6.21. The van der Waals surface area contributed by atoms with Gasteiger partial charge in [0.05, 0.1) is 24.6 Å². The van der Waals surface area contributed by atoms with Gasteiger partial charge in [-0.15, -0.1) is 0 Å². The van der Waals surface area contributed by atoms with Crippen molar-refractivity contribution in [1.29, 1.82) is 0 Å². The van der Waals surface area contributed by atoms with Crippen LogP contribution in [0.1, 0.15) is 56.1 Å². The number of rotatable bonds is 5. The van der Waals surface area contributed by atoms with E-state index in [1.54, 1.807) is 25.7 Å². The molecule has 1 fully saturated rings. The van der Waals surface area contributed by atoms with Gasteiger partial charge in [0.1, 0.15) is 5.60 Å². The fraction of sp³-hybridized carbons (Fsp3) is 0.522. The topological polar surface area (TPSA) is 85.7 Å². The first-order valence-corrected chi connectivity index (χ1v) is 11.0. The molecule has 0 bridgehead atoms. The van der Waals surface area contributed by atoms with Crippen LogP contribution in [0.25, 0.3) is 5.69 Å². The average Bonchev–Trinajstić information content (AvgIpc) is 3.20. The summed E-state index contributed by atoms with van der Waals surface area (Å²) < 4.78 is 51.1. The number of methoxy groups -OCH3 is 1. The summed E-state index contributed by atoms with van der Waals surface area (Å²) >= 11 is 0. The van der Waals surface area contributed by atoms with Crippen molar-refractivity contribution < 1.29 is 32.2 Å². The zero-order chi connectivity index (χ0) is 25.1. The number of alkyl halides is 3. The zero-order valence-electron chi connectivity index (χ0n) is 19.6. The van der Waals surface area contributed by atoms with E-state index in [1.165, 1.54) is 30.1 Å². The number of benzene rings is 1. The molecule has 1 aromatic heterocycles. The molecule has 1 atom stereocenters. The fourth-order valence-corrected chi connectivity index (χ4v) is 3.74. The second kappa shape index (κ2) is 9.94. The molecule has 2 amide bonds. The number of hydrogen-bond acceptors (Lipinski definition) is 5. The lowest BCUT2D eigenvalue weighted by Crippen LogP contribution is -2.50. The summed E-state index contributed by atoms with van der Waals surface area (Å²) in [7, 11) is 1.36. The van der Waals surface area contributed by atoms with Crippen molar-refractivity contribution in [1.82, 2.24) is 20.0 Å². The normalized spacial score (nSPS) is 16.8. The number of carbonyl (C=O) groups is 2. The second-order valence-corrected chi connectivity index (χ2v) is 9.07. The van der Waals surface area contributed by atoms with Gasteiger partial charge in [0.25, 0.3) is 5.91 Å². The van der Waals surface area contributed by atoms with E-state index < -0.39 is 29.3 Å². The Labute approximate surface area is 196 Å². The molecule has 34 heavy (non-hydrogen) atoms. The summed E-state index contributed by atoms with van der Waals surface area (Å²) in [5, 5.41) is 6.96. The molecule has 1 aliphatic rings. The van der Waals surface area contributed by atoms with Gasteiger partial charge >= 0.3 is 12.3 Å². The van der Waals surface area contributed by atoms with Crippen LogP contribution in [-0.4, -0.2) is 58.5 Å². The highest BCUT2D eigenvalue weighted by Crippen LogP contribution is 2.31. The molecule has 0 spiro atoms. The van der Waals surface area contributed by atoms with E-state index in [9.17, 15) is 22.8 Å². The van der Waals surface area contributed by atoms with Gasteiger partial charge in [-0.3, -0.25) is 4.79 Å². The van der Waals surface area contributed by atoms with Crippen LogP contribution >= 0.6 is 0 Å². The summed E-state index contributed by atoms with van der Waals surface area (Å²) in [5.41, 5.74) is -1.33. The van der Waals surface area contributed by atoms with Gasteiger partial charge in [0, 0.05) is 19.1 Å². The molecular formula is C23H29F3N4O4. The molecule has 0 aliphatic carbocycles. The van der Waals surface area contributed by atoms with Crippen LogP contribution in [0.15, 0.2) is 30.5 Å². The van der Waals surface area contributed by atoms with E-state index in [2.05, 4.69) is 10.4 Å². The van der Waals surface area contributed by atoms with Crippen LogP contribution in [0, 0.1) is 0 Å². The lowest BCUT2D eigenvalue weighted by Gasteiger charge is -2.35. The van der Waals surface area contributed by atoms with Crippen molar-refractivity contribution in [3.05, 3.63) is 41.7 Å². The second-order valence-electron chi connectivity index (χ2n) is 9.07. The van der Waals surface area contributed by atoms with E-state index in [4.69, 9.17) is 9.47 Å². The summed E-state index contributed by atoms with van der Waals surface area (Å²) in [4.78, 5) is 27.0. The Morgan fingerprint density at radius 2 is 1.94 bits per heavy atom. The first kappa shape index (κ1) is 25.4. The largest absolute Gasteiger partial charge is 0.493 e. The highest BCUT2D eigenvalue weighted by atomic mass is 19.4. The van der Waals surface area contributed by atoms with Crippen LogP contribution in [0.2, 0.25) is 0 Å². The maximum atomic E-state index is 13.4. The van der Waals surface area contributed by atoms with Crippen molar-refractivity contribution in [2.45, 2.75) is 57.9 Å². The highest BCUT2D eigenvalue weighted by molar-refractivity contribution is 5.95. The Kier molecular flexibility index (Phi) is 7.42. The molecule has 1 N–H and O–H groups in total. The number of halogens is 3. The number of nitrogens with zero attached hydrogens (tertiary/aromatic N) is 3. The number of carbonyl (C=O) groups excluding carboxylic acids is 2. The summed E-state index contributed by atoms with van der Waals surface area (Å²) in [6.45, 7) is 5.94. The number of alkyl carbamates (subject to hydrolysis) is 1. The van der Waals surface area contributed by atoms with Crippen LogP contribution < -0.4 is 10.1 Å². The van der Waals surface area contributed by atoms with Gasteiger partial charge in [-0.25, -0.2) is 9.48 Å². The number of likely N-dealkylation sites (tertiary alicyclic amines) is 1. The number of hydrogen-bond donors (Lipinski definition) is 1. The molecule has 2 aromatic rings. The number of aromatic nitrogens is 2. The maximum absolute atomic E-state index is 13.4. The Morgan fingerprint density at radius 1 is 1.21 bits per heavy atom. The van der Waals surface area contributed by atoms with E-state index in [1.807, 2.05) is 0 Å². The molecule has 0 saturated carbocycles. The molecule has 186 valence electrons. The quantitative estimate of drug-likeness (QED) is 0.682. The van der Waals surface area contributed by atoms with Gasteiger partial charge < -0.3 is 19.7 Å². The van der Waals surface area contributed by atoms with Gasteiger partial charge in [-0.2, -0.15) is 18.3 Å². The predicted molar refractivity (Wildman–Crippen MR) is 118 cm³/mol. The molecule has 1 aromatic carbocycles. The maximum Gasteiger partial charge on any atom is 0.416 e. The number of nitrogens with one attached hydrogen (secondary N) is 1. The van der Waals surface area contributed by atoms with E-state index >= 15 is 0 Å². The van der Waals surface area contributed by atoms with E-state index in [0.29, 0.717) is 13.0 Å². The van der Waals surface area contributed by atoms with Gasteiger partial charge in [0.2, 0.25) is 0 Å². The van der Waals surface area contributed by atoms with Crippen molar-refractivity contribution >= 4 is 12.0 Å². The van der Waals surface area contributed by atoms with Crippen LogP contribution in [0.4, 0.5) is 18.0 Å². The summed E-state index contributed by atoms with van der Waals surface area (Å²) in [6.07, 6.45) is -1.35. The minimum atomic E-state index is -4.51. The fourth-order valence-electron chi connectivity index (χ4n) is 3.74. The van der Waals surface area contributed by atoms with E-state index in [-0.39, 0.29) is 29.7 Å². The first-order valence-electron chi connectivity index (χ1n) is 11.0. The minimum Gasteiger partial charge on any atom is -0.493 e.